The molecule has 0 aliphatic heterocycles. The average molecular weight is 383 g/mol. The number of carboxylic acid groups (broad SMARTS) is 1. The third-order valence-corrected chi connectivity index (χ3v) is 4.99. The number of carboxylic acids is 1. The van der Waals surface area contributed by atoms with Crippen LogP contribution in [-0.4, -0.2) is 32.8 Å². The molecule has 1 amide bonds. The van der Waals surface area contributed by atoms with Crippen LogP contribution in [0.2, 0.25) is 0 Å². The monoisotopic (exact) mass is 383 g/mol. The second kappa shape index (κ2) is 9.04. The number of nitrogens with zero attached hydrogens (tertiary/aromatic N) is 2. The Hall–Kier alpha value is -2.63. The Labute approximate surface area is 166 Å². The minimum Gasteiger partial charge on any atom is -0.481 e. The summed E-state index contributed by atoms with van der Waals surface area (Å²) in [4.78, 5) is 24.1. The summed E-state index contributed by atoms with van der Waals surface area (Å²) in [5.74, 6) is -0.137. The highest BCUT2D eigenvalue weighted by molar-refractivity contribution is 5.95. The number of hydrogen-bond acceptors (Lipinski definition) is 3. The number of aromatic nitrogens is 2. The van der Waals surface area contributed by atoms with Crippen LogP contribution >= 0.6 is 0 Å². The van der Waals surface area contributed by atoms with Crippen LogP contribution in [0.3, 0.4) is 0 Å². The van der Waals surface area contributed by atoms with Crippen molar-refractivity contribution in [2.24, 2.45) is 5.92 Å². The van der Waals surface area contributed by atoms with E-state index >= 15 is 0 Å². The summed E-state index contributed by atoms with van der Waals surface area (Å²) in [7, 11) is 0. The Kier molecular flexibility index (Phi) is 6.49. The maximum Gasteiger partial charge on any atom is 0.303 e. The van der Waals surface area contributed by atoms with Crippen molar-refractivity contribution in [1.29, 1.82) is 0 Å². The summed E-state index contributed by atoms with van der Waals surface area (Å²) < 4.78 is 1.97. The first kappa shape index (κ1) is 20.1. The number of carbonyl (C=O) groups is 2. The van der Waals surface area contributed by atoms with Crippen LogP contribution < -0.4 is 5.32 Å². The summed E-state index contributed by atoms with van der Waals surface area (Å²) in [6.07, 6.45) is 4.89. The number of benzene rings is 1. The number of nitrogens with one attached hydrogen (secondary N) is 1. The van der Waals surface area contributed by atoms with Gasteiger partial charge in [-0.25, -0.2) is 0 Å². The van der Waals surface area contributed by atoms with E-state index in [1.165, 1.54) is 0 Å². The first-order valence-corrected chi connectivity index (χ1v) is 10.1. The molecule has 1 heterocycles. The van der Waals surface area contributed by atoms with Crippen LogP contribution in [0.1, 0.15) is 67.1 Å². The summed E-state index contributed by atoms with van der Waals surface area (Å²) >= 11 is 0. The van der Waals surface area contributed by atoms with Crippen LogP contribution in [0.4, 0.5) is 0 Å². The van der Waals surface area contributed by atoms with Crippen molar-refractivity contribution in [2.75, 3.05) is 0 Å². The van der Waals surface area contributed by atoms with Gasteiger partial charge in [0.15, 0.2) is 0 Å². The number of aliphatic carboxylic acids is 1. The van der Waals surface area contributed by atoms with Gasteiger partial charge < -0.3 is 10.4 Å². The van der Waals surface area contributed by atoms with Crippen molar-refractivity contribution in [3.05, 3.63) is 53.3 Å². The molecular weight excluding hydrogens is 354 g/mol. The lowest BCUT2D eigenvalue weighted by atomic mass is 10.0. The van der Waals surface area contributed by atoms with Gasteiger partial charge in [0.05, 0.1) is 17.5 Å². The molecule has 1 aliphatic rings. The Morgan fingerprint density at radius 2 is 1.96 bits per heavy atom. The lowest BCUT2D eigenvalue weighted by Gasteiger charge is -2.19. The zero-order chi connectivity index (χ0) is 20.1. The molecule has 6 nitrogen and oxygen atoms in total. The molecule has 1 unspecified atom stereocenters. The SMILES string of the molecule is CC(C)Cn1ncc(C(=O)NC(CCC(=O)O)Cc2ccccc2)c1C1CC1. The van der Waals surface area contributed by atoms with Gasteiger partial charge in [-0.15, -0.1) is 0 Å². The molecule has 28 heavy (non-hydrogen) atoms. The molecule has 2 N–H and O–H groups in total. The summed E-state index contributed by atoms with van der Waals surface area (Å²) in [5, 5.41) is 16.6. The average Bonchev–Trinajstić information content (AvgIpc) is 3.40. The first-order valence-electron chi connectivity index (χ1n) is 10.1. The van der Waals surface area contributed by atoms with Crippen molar-refractivity contribution >= 4 is 11.9 Å². The molecule has 0 radical (unpaired) electrons. The molecule has 1 aromatic heterocycles. The van der Waals surface area contributed by atoms with Crippen molar-refractivity contribution in [3.8, 4) is 0 Å². The molecule has 0 saturated heterocycles. The van der Waals surface area contributed by atoms with Crippen LogP contribution in [0.5, 0.6) is 0 Å². The molecule has 6 heteroatoms. The summed E-state index contributed by atoms with van der Waals surface area (Å²) in [5.41, 5.74) is 2.75. The van der Waals surface area contributed by atoms with Crippen molar-refractivity contribution < 1.29 is 14.7 Å². The number of hydrogen-bond donors (Lipinski definition) is 2. The molecule has 150 valence electrons. The minimum atomic E-state index is -0.851. The van der Waals surface area contributed by atoms with E-state index in [1.54, 1.807) is 6.20 Å². The number of rotatable bonds is 10. The standard InChI is InChI=1S/C22H29N3O3/c1-15(2)14-25-21(17-8-9-17)19(13-23-25)22(28)24-18(10-11-20(26)27)12-16-6-4-3-5-7-16/h3-7,13,15,17-18H,8-12,14H2,1-2H3,(H,24,28)(H,26,27). The van der Waals surface area contributed by atoms with E-state index in [0.29, 0.717) is 30.2 Å². The molecule has 1 aromatic carbocycles. The van der Waals surface area contributed by atoms with Gasteiger partial charge in [-0.05, 0) is 37.2 Å². The van der Waals surface area contributed by atoms with E-state index in [0.717, 1.165) is 30.6 Å². The number of carbonyl (C=O) groups excluding carboxylic acids is 1. The van der Waals surface area contributed by atoms with Gasteiger partial charge in [0.25, 0.3) is 5.91 Å². The van der Waals surface area contributed by atoms with Crippen LogP contribution in [0.15, 0.2) is 36.5 Å². The Bertz CT molecular complexity index is 810. The van der Waals surface area contributed by atoms with E-state index in [2.05, 4.69) is 24.3 Å². The molecule has 1 atom stereocenters. The van der Waals surface area contributed by atoms with Gasteiger partial charge >= 0.3 is 5.97 Å². The maximum absolute atomic E-state index is 13.0. The maximum atomic E-state index is 13.0. The fourth-order valence-electron chi connectivity index (χ4n) is 3.53. The molecule has 0 bridgehead atoms. The van der Waals surface area contributed by atoms with E-state index in [1.807, 2.05) is 35.0 Å². The highest BCUT2D eigenvalue weighted by atomic mass is 16.4. The normalized spacial score (nSPS) is 14.8. The topological polar surface area (TPSA) is 84.2 Å². The van der Waals surface area contributed by atoms with Gasteiger partial charge in [0.1, 0.15) is 0 Å². The van der Waals surface area contributed by atoms with Crippen LogP contribution in [0, 0.1) is 5.92 Å². The smallest absolute Gasteiger partial charge is 0.303 e. The molecule has 1 saturated carbocycles. The lowest BCUT2D eigenvalue weighted by molar-refractivity contribution is -0.137. The zero-order valence-electron chi connectivity index (χ0n) is 16.6. The zero-order valence-corrected chi connectivity index (χ0v) is 16.6. The molecule has 0 spiro atoms. The highest BCUT2D eigenvalue weighted by Gasteiger charge is 2.33. The Morgan fingerprint density at radius 3 is 2.57 bits per heavy atom. The van der Waals surface area contributed by atoms with E-state index < -0.39 is 5.97 Å². The van der Waals surface area contributed by atoms with Gasteiger partial charge in [0.2, 0.25) is 0 Å². The summed E-state index contributed by atoms with van der Waals surface area (Å²) in [6.45, 7) is 5.07. The lowest BCUT2D eigenvalue weighted by Crippen LogP contribution is -2.37. The molecule has 3 rings (SSSR count). The van der Waals surface area contributed by atoms with Crippen molar-refractivity contribution in [2.45, 2.75) is 64.5 Å². The van der Waals surface area contributed by atoms with E-state index in [-0.39, 0.29) is 18.4 Å². The predicted octanol–water partition coefficient (Wildman–Crippen LogP) is 3.62. The highest BCUT2D eigenvalue weighted by Crippen LogP contribution is 2.41. The predicted molar refractivity (Wildman–Crippen MR) is 107 cm³/mol. The minimum absolute atomic E-state index is 0.0277. The van der Waals surface area contributed by atoms with Crippen LogP contribution in [-0.2, 0) is 17.8 Å². The second-order valence-corrected chi connectivity index (χ2v) is 8.09. The molecule has 1 fully saturated rings. The van der Waals surface area contributed by atoms with Gasteiger partial charge in [-0.3, -0.25) is 14.3 Å². The second-order valence-electron chi connectivity index (χ2n) is 8.09. The summed E-state index contributed by atoms with van der Waals surface area (Å²) in [6, 6.07) is 9.61. The van der Waals surface area contributed by atoms with Crippen molar-refractivity contribution in [1.82, 2.24) is 15.1 Å². The van der Waals surface area contributed by atoms with Crippen molar-refractivity contribution in [3.63, 3.8) is 0 Å². The van der Waals surface area contributed by atoms with Gasteiger partial charge in [0, 0.05) is 24.9 Å². The van der Waals surface area contributed by atoms with Gasteiger partial charge in [-0.2, -0.15) is 5.10 Å². The molecular formula is C22H29N3O3. The fourth-order valence-corrected chi connectivity index (χ4v) is 3.53. The quantitative estimate of drug-likeness (QED) is 0.656. The molecule has 1 aliphatic carbocycles. The Morgan fingerprint density at radius 1 is 1.25 bits per heavy atom. The molecule has 2 aromatic rings. The third kappa shape index (κ3) is 5.44. The fraction of sp³-hybridized carbons (Fsp3) is 0.500. The van der Waals surface area contributed by atoms with E-state index in [4.69, 9.17) is 5.11 Å². The largest absolute Gasteiger partial charge is 0.481 e. The third-order valence-electron chi connectivity index (χ3n) is 4.99. The number of amides is 1. The van der Waals surface area contributed by atoms with Crippen LogP contribution in [0.25, 0.3) is 0 Å². The van der Waals surface area contributed by atoms with Gasteiger partial charge in [-0.1, -0.05) is 44.2 Å². The van der Waals surface area contributed by atoms with E-state index in [9.17, 15) is 9.59 Å². The Balaban J connectivity index is 1.75. The first-order chi connectivity index (χ1) is 13.4.